The highest BCUT2D eigenvalue weighted by molar-refractivity contribution is 5.92. The van der Waals surface area contributed by atoms with Gasteiger partial charge in [-0.05, 0) is 23.6 Å². The lowest BCUT2D eigenvalue weighted by Crippen LogP contribution is -2.57. The van der Waals surface area contributed by atoms with Crippen LogP contribution >= 0.6 is 0 Å². The summed E-state index contributed by atoms with van der Waals surface area (Å²) in [6, 6.07) is 6.36. The predicted molar refractivity (Wildman–Crippen MR) is 81.4 cm³/mol. The van der Waals surface area contributed by atoms with Crippen molar-refractivity contribution in [3.63, 3.8) is 0 Å². The Kier molecular flexibility index (Phi) is 4.89. The van der Waals surface area contributed by atoms with Gasteiger partial charge in [0.25, 0.3) is 5.72 Å². The molecular formula is C16H19F3N2O3. The van der Waals surface area contributed by atoms with E-state index in [4.69, 9.17) is 4.74 Å². The number of rotatable bonds is 4. The Labute approximate surface area is 137 Å². The molecule has 0 aromatic heterocycles. The highest BCUT2D eigenvalue weighted by Crippen LogP contribution is 2.41. The Bertz CT molecular complexity index is 641. The highest BCUT2D eigenvalue weighted by Gasteiger charge is 2.63. The summed E-state index contributed by atoms with van der Waals surface area (Å²) in [5, 5.41) is 14.0. The monoisotopic (exact) mass is 344 g/mol. The van der Waals surface area contributed by atoms with E-state index in [1.807, 2.05) is 0 Å². The molecule has 2 rings (SSSR count). The summed E-state index contributed by atoms with van der Waals surface area (Å²) < 4.78 is 44.9. The van der Waals surface area contributed by atoms with Crippen molar-refractivity contribution in [1.82, 2.24) is 5.01 Å². The summed E-state index contributed by atoms with van der Waals surface area (Å²) in [6.07, 6.45) is -6.04. The number of benzene rings is 1. The van der Waals surface area contributed by atoms with Gasteiger partial charge in [0, 0.05) is 12.1 Å². The van der Waals surface area contributed by atoms with Crippen LogP contribution in [0.1, 0.15) is 25.8 Å². The maximum absolute atomic E-state index is 13.3. The van der Waals surface area contributed by atoms with Gasteiger partial charge in [0.2, 0.25) is 5.91 Å². The first kappa shape index (κ1) is 18.3. The molecule has 1 N–H and O–H groups in total. The van der Waals surface area contributed by atoms with Crippen molar-refractivity contribution in [2.24, 2.45) is 11.0 Å². The minimum absolute atomic E-state index is 0.137. The Balaban J connectivity index is 2.26. The molecule has 1 heterocycles. The van der Waals surface area contributed by atoms with Gasteiger partial charge in [-0.15, -0.1) is 0 Å². The van der Waals surface area contributed by atoms with Crippen LogP contribution < -0.4 is 4.74 Å². The zero-order valence-corrected chi connectivity index (χ0v) is 13.6. The van der Waals surface area contributed by atoms with E-state index >= 15 is 0 Å². The molecule has 1 aliphatic heterocycles. The van der Waals surface area contributed by atoms with Crippen LogP contribution in [0.5, 0.6) is 5.75 Å². The number of alkyl halides is 3. The van der Waals surface area contributed by atoms with Gasteiger partial charge in [-0.3, -0.25) is 4.79 Å². The van der Waals surface area contributed by atoms with E-state index in [1.165, 1.54) is 7.11 Å². The average Bonchev–Trinajstić information content (AvgIpc) is 2.87. The van der Waals surface area contributed by atoms with Crippen molar-refractivity contribution in [1.29, 1.82) is 0 Å². The number of methoxy groups -OCH3 is 1. The number of nitrogens with zero attached hydrogens (tertiary/aromatic N) is 2. The Morgan fingerprint density at radius 1 is 1.38 bits per heavy atom. The van der Waals surface area contributed by atoms with Gasteiger partial charge in [-0.2, -0.15) is 23.3 Å². The smallest absolute Gasteiger partial charge is 0.438 e. The van der Waals surface area contributed by atoms with E-state index in [9.17, 15) is 23.1 Å². The molecule has 0 saturated heterocycles. The SMILES string of the molecule is COc1ccc(CC(=O)N2N=C(C(C)C)C[C@@]2(O)C(F)(F)F)cc1. The van der Waals surface area contributed by atoms with Crippen LogP contribution in [0.2, 0.25) is 0 Å². The fraction of sp³-hybridized carbons (Fsp3) is 0.500. The normalized spacial score (nSPS) is 21.2. The lowest BCUT2D eigenvalue weighted by molar-refractivity contribution is -0.302. The van der Waals surface area contributed by atoms with Crippen LogP contribution in [-0.4, -0.2) is 40.7 Å². The molecule has 5 nitrogen and oxygen atoms in total. The summed E-state index contributed by atoms with van der Waals surface area (Å²) >= 11 is 0. The third-order valence-electron chi connectivity index (χ3n) is 3.88. The van der Waals surface area contributed by atoms with Crippen molar-refractivity contribution < 1.29 is 27.8 Å². The Morgan fingerprint density at radius 2 is 1.96 bits per heavy atom. The standard InChI is InChI=1S/C16H19F3N2O3/c1-10(2)13-9-15(23,16(17,18)19)21(20-13)14(22)8-11-4-6-12(24-3)7-5-11/h4-7,10,23H,8-9H2,1-3H3/t15-/m1/s1. The van der Waals surface area contributed by atoms with Crippen molar-refractivity contribution >= 4 is 11.6 Å². The van der Waals surface area contributed by atoms with E-state index in [0.29, 0.717) is 11.3 Å². The third-order valence-corrected chi connectivity index (χ3v) is 3.88. The van der Waals surface area contributed by atoms with Crippen LogP contribution in [-0.2, 0) is 11.2 Å². The van der Waals surface area contributed by atoms with Crippen LogP contribution in [0.4, 0.5) is 13.2 Å². The molecule has 0 bridgehead atoms. The minimum atomic E-state index is -5.00. The number of amides is 1. The first-order chi connectivity index (χ1) is 11.1. The lowest BCUT2D eigenvalue weighted by Gasteiger charge is -2.32. The second-order valence-electron chi connectivity index (χ2n) is 5.97. The molecule has 0 fully saturated rings. The molecule has 1 aliphatic rings. The number of aliphatic hydroxyl groups is 1. The van der Waals surface area contributed by atoms with Gasteiger partial charge < -0.3 is 9.84 Å². The predicted octanol–water partition coefficient (Wildman–Crippen LogP) is 2.73. The molecule has 1 aromatic carbocycles. The summed E-state index contributed by atoms with van der Waals surface area (Å²) in [6.45, 7) is 3.32. The molecule has 0 aliphatic carbocycles. The van der Waals surface area contributed by atoms with Crippen LogP contribution in [0.25, 0.3) is 0 Å². The zero-order valence-electron chi connectivity index (χ0n) is 13.6. The second-order valence-corrected chi connectivity index (χ2v) is 5.97. The first-order valence-electron chi connectivity index (χ1n) is 7.41. The maximum atomic E-state index is 13.3. The maximum Gasteiger partial charge on any atom is 0.438 e. The van der Waals surface area contributed by atoms with Crippen LogP contribution in [0, 0.1) is 5.92 Å². The number of hydrazone groups is 1. The summed E-state index contributed by atoms with van der Waals surface area (Å²) in [7, 11) is 1.48. The average molecular weight is 344 g/mol. The molecule has 1 aromatic rings. The number of hydrogen-bond donors (Lipinski definition) is 1. The molecule has 0 spiro atoms. The Hall–Kier alpha value is -2.09. The third kappa shape index (κ3) is 3.38. The molecular weight excluding hydrogens is 325 g/mol. The van der Waals surface area contributed by atoms with Crippen molar-refractivity contribution in [3.05, 3.63) is 29.8 Å². The van der Waals surface area contributed by atoms with E-state index in [-0.39, 0.29) is 23.1 Å². The van der Waals surface area contributed by atoms with Gasteiger partial charge >= 0.3 is 6.18 Å². The highest BCUT2D eigenvalue weighted by atomic mass is 19.4. The van der Waals surface area contributed by atoms with Crippen LogP contribution in [0.15, 0.2) is 29.4 Å². The van der Waals surface area contributed by atoms with Crippen LogP contribution in [0.3, 0.4) is 0 Å². The summed E-state index contributed by atoms with van der Waals surface area (Å²) in [5.41, 5.74) is -2.66. The number of halogens is 3. The summed E-state index contributed by atoms with van der Waals surface area (Å²) in [4.78, 5) is 12.3. The van der Waals surface area contributed by atoms with E-state index in [1.54, 1.807) is 38.1 Å². The molecule has 0 saturated carbocycles. The lowest BCUT2D eigenvalue weighted by atomic mass is 9.99. The fourth-order valence-corrected chi connectivity index (χ4v) is 2.37. The zero-order chi connectivity index (χ0) is 18.1. The van der Waals surface area contributed by atoms with Crippen molar-refractivity contribution in [3.8, 4) is 5.75 Å². The van der Waals surface area contributed by atoms with E-state index < -0.39 is 24.2 Å². The quantitative estimate of drug-likeness (QED) is 0.914. The van der Waals surface area contributed by atoms with Crippen molar-refractivity contribution in [2.45, 2.75) is 38.6 Å². The molecule has 24 heavy (non-hydrogen) atoms. The number of carbonyl (C=O) groups is 1. The number of hydrogen-bond acceptors (Lipinski definition) is 4. The Morgan fingerprint density at radius 3 is 2.42 bits per heavy atom. The van der Waals surface area contributed by atoms with Gasteiger partial charge in [-0.1, -0.05) is 26.0 Å². The largest absolute Gasteiger partial charge is 0.497 e. The molecule has 8 heteroatoms. The molecule has 0 unspecified atom stereocenters. The first-order valence-corrected chi connectivity index (χ1v) is 7.41. The van der Waals surface area contributed by atoms with Gasteiger partial charge in [0.05, 0.1) is 13.5 Å². The molecule has 1 amide bonds. The molecule has 1 atom stereocenters. The van der Waals surface area contributed by atoms with E-state index in [0.717, 1.165) is 0 Å². The van der Waals surface area contributed by atoms with Crippen molar-refractivity contribution in [2.75, 3.05) is 7.11 Å². The van der Waals surface area contributed by atoms with E-state index in [2.05, 4.69) is 5.10 Å². The minimum Gasteiger partial charge on any atom is -0.497 e. The molecule has 132 valence electrons. The second kappa shape index (κ2) is 6.43. The molecule has 0 radical (unpaired) electrons. The number of carbonyl (C=O) groups excluding carboxylic acids is 1. The fourth-order valence-electron chi connectivity index (χ4n) is 2.37. The van der Waals surface area contributed by atoms with Gasteiger partial charge in [-0.25, -0.2) is 0 Å². The summed E-state index contributed by atoms with van der Waals surface area (Å²) in [5.74, 6) is -0.660. The number of ether oxygens (including phenoxy) is 1. The van der Waals surface area contributed by atoms with Gasteiger partial charge in [0.15, 0.2) is 0 Å². The van der Waals surface area contributed by atoms with Gasteiger partial charge in [0.1, 0.15) is 5.75 Å². The topological polar surface area (TPSA) is 62.1 Å².